The molecule has 0 aliphatic carbocycles. The molecule has 2 fully saturated rings. The molecule has 5 heteroatoms. The fourth-order valence-corrected chi connectivity index (χ4v) is 7.19. The van der Waals surface area contributed by atoms with Crippen LogP contribution in [0.3, 0.4) is 0 Å². The highest BCUT2D eigenvalue weighted by atomic mass is 16.2. The molecule has 0 aromatic heterocycles. The number of likely N-dealkylation sites (tertiary alicyclic amines) is 2. The van der Waals surface area contributed by atoms with Crippen LogP contribution in [0.5, 0.6) is 0 Å². The Morgan fingerprint density at radius 1 is 0.833 bits per heavy atom. The molecule has 2 spiro atoms. The zero-order valence-electron chi connectivity index (χ0n) is 21.0. The van der Waals surface area contributed by atoms with Gasteiger partial charge in [-0.15, -0.1) is 0 Å². The molecule has 3 aromatic carbocycles. The first kappa shape index (κ1) is 22.9. The second kappa shape index (κ2) is 8.26. The molecule has 0 radical (unpaired) electrons. The third kappa shape index (κ3) is 2.90. The molecule has 3 aliphatic heterocycles. The lowest BCUT2D eigenvalue weighted by molar-refractivity contribution is -0.147. The van der Waals surface area contributed by atoms with Gasteiger partial charge in [0.15, 0.2) is 5.78 Å². The van der Waals surface area contributed by atoms with Crippen LogP contribution in [0.25, 0.3) is 6.08 Å². The Morgan fingerprint density at radius 3 is 2.19 bits per heavy atom. The van der Waals surface area contributed by atoms with Crippen LogP contribution in [0.1, 0.15) is 22.6 Å². The second-order valence-electron chi connectivity index (χ2n) is 10.5. The predicted octanol–water partition coefficient (Wildman–Crippen LogP) is 4.17. The standard InChI is InChI=1S/C31H31N3O2/c1-32-19-24(18-22-12-6-4-7-13-22)28(35)30(21-32)26(23-14-8-5-9-15-23)20-33(2)31(30)25-16-10-11-17-27(25)34(3)29(31)36/h4-18,26H,19-21H2,1-3H3/b24-18+/t26-,30+,31+/m0/s1. The summed E-state index contributed by atoms with van der Waals surface area (Å²) in [6.45, 7) is 1.69. The van der Waals surface area contributed by atoms with Gasteiger partial charge in [-0.25, -0.2) is 0 Å². The van der Waals surface area contributed by atoms with Gasteiger partial charge in [0.1, 0.15) is 5.54 Å². The number of para-hydroxylation sites is 1. The number of hydrogen-bond donors (Lipinski definition) is 0. The zero-order valence-corrected chi connectivity index (χ0v) is 21.0. The molecule has 2 saturated heterocycles. The van der Waals surface area contributed by atoms with E-state index >= 15 is 0 Å². The lowest BCUT2D eigenvalue weighted by Gasteiger charge is -2.51. The Balaban J connectivity index is 1.65. The van der Waals surface area contributed by atoms with E-state index in [2.05, 4.69) is 29.0 Å². The van der Waals surface area contributed by atoms with Gasteiger partial charge < -0.3 is 9.80 Å². The Labute approximate surface area is 212 Å². The summed E-state index contributed by atoms with van der Waals surface area (Å²) in [5.74, 6) is -0.0740. The molecule has 3 aliphatic rings. The minimum atomic E-state index is -1.08. The van der Waals surface area contributed by atoms with E-state index in [4.69, 9.17) is 0 Å². The molecule has 0 bridgehead atoms. The maximum Gasteiger partial charge on any atom is 0.253 e. The summed E-state index contributed by atoms with van der Waals surface area (Å²) >= 11 is 0. The number of piperidine rings is 1. The molecule has 182 valence electrons. The molecule has 0 saturated carbocycles. The summed E-state index contributed by atoms with van der Waals surface area (Å²) in [7, 11) is 5.92. The number of benzene rings is 3. The third-order valence-corrected chi connectivity index (χ3v) is 8.54. The molecule has 6 rings (SSSR count). The number of carbonyl (C=O) groups excluding carboxylic acids is 2. The lowest BCUT2D eigenvalue weighted by atomic mass is 9.56. The van der Waals surface area contributed by atoms with Gasteiger partial charge in [0.25, 0.3) is 5.91 Å². The van der Waals surface area contributed by atoms with Crippen molar-refractivity contribution >= 4 is 23.5 Å². The topological polar surface area (TPSA) is 43.9 Å². The first-order valence-electron chi connectivity index (χ1n) is 12.5. The molecular weight excluding hydrogens is 446 g/mol. The zero-order chi connectivity index (χ0) is 25.1. The summed E-state index contributed by atoms with van der Waals surface area (Å²) in [5.41, 5.74) is 2.61. The van der Waals surface area contributed by atoms with E-state index in [-0.39, 0.29) is 17.6 Å². The number of carbonyl (C=O) groups is 2. The Kier molecular flexibility index (Phi) is 5.25. The number of nitrogens with zero attached hydrogens (tertiary/aromatic N) is 3. The summed E-state index contributed by atoms with van der Waals surface area (Å²) in [4.78, 5) is 35.6. The number of rotatable bonds is 2. The van der Waals surface area contributed by atoms with Crippen molar-refractivity contribution < 1.29 is 9.59 Å². The normalized spacial score (nSPS) is 29.6. The van der Waals surface area contributed by atoms with Crippen molar-refractivity contribution in [2.75, 3.05) is 45.7 Å². The molecule has 3 aromatic rings. The van der Waals surface area contributed by atoms with Crippen molar-refractivity contribution in [1.82, 2.24) is 9.80 Å². The predicted molar refractivity (Wildman–Crippen MR) is 143 cm³/mol. The van der Waals surface area contributed by atoms with Crippen LogP contribution in [0, 0.1) is 5.41 Å². The molecule has 1 amide bonds. The summed E-state index contributed by atoms with van der Waals surface area (Å²) in [6, 6.07) is 28.3. The van der Waals surface area contributed by atoms with E-state index in [1.807, 2.05) is 93.0 Å². The fraction of sp³-hybridized carbons (Fsp3) is 0.290. The molecule has 0 unspecified atom stereocenters. The van der Waals surface area contributed by atoms with Crippen LogP contribution in [-0.4, -0.2) is 62.3 Å². The summed E-state index contributed by atoms with van der Waals surface area (Å²) < 4.78 is 0. The van der Waals surface area contributed by atoms with Crippen molar-refractivity contribution in [2.45, 2.75) is 11.5 Å². The number of amides is 1. The number of Topliss-reactive ketones (excluding diaryl/α,β-unsaturated/α-hetero) is 1. The number of fused-ring (bicyclic) bond motifs is 3. The van der Waals surface area contributed by atoms with Crippen LogP contribution < -0.4 is 4.90 Å². The highest BCUT2D eigenvalue weighted by Crippen LogP contribution is 2.65. The monoisotopic (exact) mass is 477 g/mol. The minimum absolute atomic E-state index is 0.0210. The first-order valence-corrected chi connectivity index (χ1v) is 12.5. The van der Waals surface area contributed by atoms with Gasteiger partial charge in [-0.1, -0.05) is 78.9 Å². The minimum Gasteiger partial charge on any atom is -0.313 e. The van der Waals surface area contributed by atoms with Crippen molar-refractivity contribution in [3.63, 3.8) is 0 Å². The fourth-order valence-electron chi connectivity index (χ4n) is 7.19. The van der Waals surface area contributed by atoms with Crippen molar-refractivity contribution in [2.24, 2.45) is 5.41 Å². The van der Waals surface area contributed by atoms with Gasteiger partial charge in [0, 0.05) is 49.4 Å². The smallest absolute Gasteiger partial charge is 0.253 e. The molecule has 36 heavy (non-hydrogen) atoms. The number of anilines is 1. The average Bonchev–Trinajstić information content (AvgIpc) is 3.29. The third-order valence-electron chi connectivity index (χ3n) is 8.54. The van der Waals surface area contributed by atoms with Crippen molar-refractivity contribution in [3.05, 3.63) is 107 Å². The van der Waals surface area contributed by atoms with Gasteiger partial charge in [-0.05, 0) is 37.4 Å². The summed E-state index contributed by atoms with van der Waals surface area (Å²) in [5, 5.41) is 0. The number of hydrogen-bond acceptors (Lipinski definition) is 4. The van der Waals surface area contributed by atoms with E-state index in [1.54, 1.807) is 4.90 Å². The van der Waals surface area contributed by atoms with Crippen LogP contribution in [0.4, 0.5) is 5.69 Å². The van der Waals surface area contributed by atoms with E-state index in [0.717, 1.165) is 28.0 Å². The van der Waals surface area contributed by atoms with E-state index in [9.17, 15) is 9.59 Å². The maximum absolute atomic E-state index is 15.0. The summed E-state index contributed by atoms with van der Waals surface area (Å²) in [6.07, 6.45) is 2.02. The van der Waals surface area contributed by atoms with Crippen LogP contribution in [0.15, 0.2) is 90.5 Å². The molecule has 3 heterocycles. The Morgan fingerprint density at radius 2 is 1.47 bits per heavy atom. The van der Waals surface area contributed by atoms with Crippen molar-refractivity contribution in [3.8, 4) is 0 Å². The van der Waals surface area contributed by atoms with Gasteiger partial charge in [-0.3, -0.25) is 14.5 Å². The highest BCUT2D eigenvalue weighted by Gasteiger charge is 2.75. The molecular formula is C31H31N3O2. The first-order chi connectivity index (χ1) is 17.4. The van der Waals surface area contributed by atoms with Crippen LogP contribution >= 0.6 is 0 Å². The van der Waals surface area contributed by atoms with Gasteiger partial charge in [-0.2, -0.15) is 0 Å². The van der Waals surface area contributed by atoms with E-state index in [1.165, 1.54) is 0 Å². The van der Waals surface area contributed by atoms with E-state index in [0.29, 0.717) is 19.6 Å². The number of likely N-dealkylation sites (N-methyl/N-ethyl adjacent to an activating group) is 3. The maximum atomic E-state index is 15.0. The Bertz CT molecular complexity index is 1370. The quantitative estimate of drug-likeness (QED) is 0.520. The second-order valence-corrected chi connectivity index (χ2v) is 10.5. The van der Waals surface area contributed by atoms with Crippen LogP contribution in [0.2, 0.25) is 0 Å². The van der Waals surface area contributed by atoms with Gasteiger partial charge in [0.05, 0.1) is 5.41 Å². The van der Waals surface area contributed by atoms with Gasteiger partial charge >= 0.3 is 0 Å². The van der Waals surface area contributed by atoms with Gasteiger partial charge in [0.2, 0.25) is 0 Å². The van der Waals surface area contributed by atoms with Crippen LogP contribution in [-0.2, 0) is 15.1 Å². The lowest BCUT2D eigenvalue weighted by Crippen LogP contribution is -2.65. The van der Waals surface area contributed by atoms with E-state index < -0.39 is 11.0 Å². The highest BCUT2D eigenvalue weighted by molar-refractivity contribution is 6.16. The van der Waals surface area contributed by atoms with Crippen molar-refractivity contribution in [1.29, 1.82) is 0 Å². The molecule has 5 nitrogen and oxygen atoms in total. The SMILES string of the molecule is CN1C/C(=C\c2ccccc2)C(=O)[C@@]2(C1)[C@H](c1ccccc1)CN(C)[C@]21C(=O)N(C)c2ccccc21. The largest absolute Gasteiger partial charge is 0.313 e. The molecule has 3 atom stereocenters. The average molecular weight is 478 g/mol. The number of ketones is 1. The Hall–Kier alpha value is -3.54. The molecule has 0 N–H and O–H groups in total.